The molecule has 2 amide bonds. The lowest BCUT2D eigenvalue weighted by molar-refractivity contribution is -0.385. The van der Waals surface area contributed by atoms with E-state index in [-0.39, 0.29) is 23.8 Å². The summed E-state index contributed by atoms with van der Waals surface area (Å²) in [5, 5.41) is 16.6. The van der Waals surface area contributed by atoms with E-state index in [1.54, 1.807) is 12.1 Å². The number of nitrogens with zero attached hydrogens (tertiary/aromatic N) is 3. The number of halogens is 2. The zero-order chi connectivity index (χ0) is 23.6. The van der Waals surface area contributed by atoms with Crippen molar-refractivity contribution < 1.29 is 23.3 Å². The van der Waals surface area contributed by atoms with Gasteiger partial charge in [-0.2, -0.15) is 0 Å². The van der Waals surface area contributed by atoms with E-state index in [9.17, 15) is 28.5 Å². The first kappa shape index (κ1) is 22.6. The molecule has 0 saturated carbocycles. The molecular weight excluding hydrogens is 436 g/mol. The summed E-state index contributed by atoms with van der Waals surface area (Å²) in [6, 6.07) is 8.88. The highest BCUT2D eigenvalue weighted by atomic mass is 19.1. The number of rotatable bonds is 6. The van der Waals surface area contributed by atoms with Crippen molar-refractivity contribution in [3.05, 3.63) is 69.8 Å². The van der Waals surface area contributed by atoms with Crippen molar-refractivity contribution in [1.82, 2.24) is 15.5 Å². The van der Waals surface area contributed by atoms with Gasteiger partial charge in [0.05, 0.1) is 17.7 Å². The highest BCUT2D eigenvalue weighted by Gasteiger charge is 2.50. The van der Waals surface area contributed by atoms with Crippen LogP contribution in [-0.2, 0) is 4.79 Å². The maximum atomic E-state index is 13.3. The largest absolute Gasteiger partial charge is 0.351 e. The molecule has 11 heteroatoms. The minimum Gasteiger partial charge on any atom is -0.351 e. The van der Waals surface area contributed by atoms with Crippen molar-refractivity contribution in [2.45, 2.75) is 18.4 Å². The van der Waals surface area contributed by atoms with Crippen LogP contribution in [0.5, 0.6) is 0 Å². The van der Waals surface area contributed by atoms with Gasteiger partial charge in [-0.3, -0.25) is 19.7 Å². The Kier molecular flexibility index (Phi) is 6.23. The van der Waals surface area contributed by atoms with Crippen molar-refractivity contribution >= 4 is 23.2 Å². The Morgan fingerprint density at radius 3 is 2.45 bits per heavy atom. The summed E-state index contributed by atoms with van der Waals surface area (Å²) in [5.41, 5.74) is -0.708. The molecule has 2 aliphatic rings. The van der Waals surface area contributed by atoms with E-state index in [1.807, 2.05) is 4.90 Å². The fourth-order valence-electron chi connectivity index (χ4n) is 4.46. The summed E-state index contributed by atoms with van der Waals surface area (Å²) >= 11 is 0. The molecule has 2 aromatic rings. The normalized spacial score (nSPS) is 17.8. The van der Waals surface area contributed by atoms with Gasteiger partial charge < -0.3 is 20.4 Å². The van der Waals surface area contributed by atoms with Crippen LogP contribution in [0.15, 0.2) is 42.5 Å². The van der Waals surface area contributed by atoms with E-state index in [0.29, 0.717) is 39.1 Å². The highest BCUT2D eigenvalue weighted by Crippen LogP contribution is 2.36. The van der Waals surface area contributed by atoms with Crippen LogP contribution in [0.1, 0.15) is 23.2 Å². The first-order chi connectivity index (χ1) is 15.8. The first-order valence-corrected chi connectivity index (χ1v) is 10.6. The molecule has 0 aliphatic carbocycles. The second-order valence-electron chi connectivity index (χ2n) is 8.12. The van der Waals surface area contributed by atoms with Gasteiger partial charge in [-0.15, -0.1) is 0 Å². The molecule has 9 nitrogen and oxygen atoms in total. The molecule has 2 heterocycles. The number of benzene rings is 2. The third-order valence-corrected chi connectivity index (χ3v) is 6.27. The van der Waals surface area contributed by atoms with Gasteiger partial charge >= 0.3 is 0 Å². The summed E-state index contributed by atoms with van der Waals surface area (Å²) < 4.78 is 26.6. The van der Waals surface area contributed by atoms with Crippen molar-refractivity contribution in [1.29, 1.82) is 0 Å². The average Bonchev–Trinajstić information content (AvgIpc) is 3.11. The number of nitro benzene ring substituents is 1. The van der Waals surface area contributed by atoms with Gasteiger partial charge in [0.25, 0.3) is 11.6 Å². The van der Waals surface area contributed by atoms with Crippen LogP contribution < -0.4 is 15.5 Å². The highest BCUT2D eigenvalue weighted by molar-refractivity contribution is 5.98. The molecule has 2 aliphatic heterocycles. The summed E-state index contributed by atoms with van der Waals surface area (Å²) in [6.07, 6.45) is 1.13. The van der Waals surface area contributed by atoms with Crippen LogP contribution in [0.4, 0.5) is 20.2 Å². The van der Waals surface area contributed by atoms with Crippen LogP contribution >= 0.6 is 0 Å². The van der Waals surface area contributed by atoms with Gasteiger partial charge in [0.1, 0.15) is 22.7 Å². The second-order valence-corrected chi connectivity index (χ2v) is 8.12. The maximum absolute atomic E-state index is 13.3. The van der Waals surface area contributed by atoms with E-state index in [4.69, 9.17) is 0 Å². The van der Waals surface area contributed by atoms with Gasteiger partial charge in [0.2, 0.25) is 5.91 Å². The molecular formula is C22H23F2N5O4. The summed E-state index contributed by atoms with van der Waals surface area (Å²) in [5.74, 6) is -1.82. The van der Waals surface area contributed by atoms with Gasteiger partial charge in [0.15, 0.2) is 0 Å². The van der Waals surface area contributed by atoms with E-state index < -0.39 is 27.9 Å². The number of piperidine rings is 1. The van der Waals surface area contributed by atoms with Crippen LogP contribution in [0.3, 0.4) is 0 Å². The molecule has 2 aromatic carbocycles. The Morgan fingerprint density at radius 1 is 1.12 bits per heavy atom. The Hall–Kier alpha value is -3.60. The topological polar surface area (TPSA) is 108 Å². The van der Waals surface area contributed by atoms with Crippen LogP contribution in [0, 0.1) is 21.7 Å². The predicted molar refractivity (Wildman–Crippen MR) is 116 cm³/mol. The molecule has 0 atom stereocenters. The molecule has 1 spiro atoms. The summed E-state index contributed by atoms with van der Waals surface area (Å²) in [7, 11) is 0. The molecule has 33 heavy (non-hydrogen) atoms. The Labute approximate surface area is 188 Å². The SMILES string of the molecule is O=C(NCCN1CCC2(CC1)C(=O)NCN2c1ccc(F)cc1)c1ccc(F)cc1[N+](=O)[O-]. The van der Waals surface area contributed by atoms with Crippen LogP contribution in [-0.4, -0.2) is 60.0 Å². The minimum atomic E-state index is -0.790. The monoisotopic (exact) mass is 459 g/mol. The van der Waals surface area contributed by atoms with Crippen molar-refractivity contribution in [3.63, 3.8) is 0 Å². The van der Waals surface area contributed by atoms with E-state index in [2.05, 4.69) is 15.5 Å². The second kappa shape index (κ2) is 9.10. The smallest absolute Gasteiger partial charge is 0.285 e. The van der Waals surface area contributed by atoms with Gasteiger partial charge in [-0.1, -0.05) is 0 Å². The molecule has 174 valence electrons. The number of nitro groups is 1. The molecule has 0 unspecified atom stereocenters. The molecule has 0 bridgehead atoms. The Bertz CT molecular complexity index is 1070. The fraction of sp³-hybridized carbons (Fsp3) is 0.364. The lowest BCUT2D eigenvalue weighted by Gasteiger charge is -2.43. The molecule has 2 saturated heterocycles. The molecule has 2 fully saturated rings. The molecule has 0 radical (unpaired) electrons. The number of likely N-dealkylation sites (tertiary alicyclic amines) is 1. The minimum absolute atomic E-state index is 0.0524. The van der Waals surface area contributed by atoms with E-state index >= 15 is 0 Å². The number of anilines is 1. The predicted octanol–water partition coefficient (Wildman–Crippen LogP) is 2.03. The van der Waals surface area contributed by atoms with Crippen LogP contribution in [0.25, 0.3) is 0 Å². The first-order valence-electron chi connectivity index (χ1n) is 10.6. The van der Waals surface area contributed by atoms with E-state index in [1.165, 1.54) is 12.1 Å². The number of hydrogen-bond acceptors (Lipinski definition) is 6. The Morgan fingerprint density at radius 2 is 1.79 bits per heavy atom. The van der Waals surface area contributed by atoms with Gasteiger partial charge in [-0.05, 0) is 49.2 Å². The van der Waals surface area contributed by atoms with E-state index in [0.717, 1.165) is 23.9 Å². The summed E-state index contributed by atoms with van der Waals surface area (Å²) in [4.78, 5) is 39.4. The number of carbonyl (C=O) groups excluding carboxylic acids is 2. The maximum Gasteiger partial charge on any atom is 0.285 e. The molecule has 2 N–H and O–H groups in total. The van der Waals surface area contributed by atoms with Crippen LogP contribution in [0.2, 0.25) is 0 Å². The third kappa shape index (κ3) is 4.49. The van der Waals surface area contributed by atoms with Crippen molar-refractivity contribution in [2.75, 3.05) is 37.7 Å². The number of nitrogens with one attached hydrogen (secondary N) is 2. The van der Waals surface area contributed by atoms with Crippen molar-refractivity contribution in [3.8, 4) is 0 Å². The van der Waals surface area contributed by atoms with Gasteiger partial charge in [-0.25, -0.2) is 8.78 Å². The zero-order valence-electron chi connectivity index (χ0n) is 17.7. The Balaban J connectivity index is 1.33. The molecule has 4 rings (SSSR count). The lowest BCUT2D eigenvalue weighted by atomic mass is 9.85. The number of amides is 2. The number of hydrogen-bond donors (Lipinski definition) is 2. The average molecular weight is 459 g/mol. The molecule has 0 aromatic heterocycles. The third-order valence-electron chi connectivity index (χ3n) is 6.27. The zero-order valence-corrected chi connectivity index (χ0v) is 17.7. The standard InChI is InChI=1S/C22H23F2N5O4/c23-15-1-4-17(5-2-15)28-14-26-21(31)22(28)7-10-27(11-8-22)12-9-25-20(30)18-6-3-16(24)13-19(18)29(32)33/h1-6,13H,7-12,14H2,(H,25,30)(H,26,31). The quantitative estimate of drug-likeness (QED) is 0.506. The van der Waals surface area contributed by atoms with Gasteiger partial charge in [0, 0.05) is 31.9 Å². The summed E-state index contributed by atoms with van der Waals surface area (Å²) in [6.45, 7) is 2.32. The number of carbonyl (C=O) groups is 2. The lowest BCUT2D eigenvalue weighted by Crippen LogP contribution is -2.57. The van der Waals surface area contributed by atoms with Crippen molar-refractivity contribution in [2.24, 2.45) is 0 Å². The fourth-order valence-corrected chi connectivity index (χ4v) is 4.46.